The number of likely N-dealkylation sites (N-methyl/N-ethyl adjacent to an activating group) is 2. The smallest absolute Gasteiger partial charge is 0.234 e. The van der Waals surface area contributed by atoms with Crippen molar-refractivity contribution in [3.05, 3.63) is 0 Å². The number of hydrogen-bond donors (Lipinski definition) is 1. The summed E-state index contributed by atoms with van der Waals surface area (Å²) in [5.41, 5.74) is 0. The van der Waals surface area contributed by atoms with Crippen LogP contribution in [0.25, 0.3) is 0 Å². The number of fused-ring (bicyclic) bond motifs is 1. The van der Waals surface area contributed by atoms with E-state index in [4.69, 9.17) is 4.74 Å². The minimum Gasteiger partial charge on any atom is -0.376 e. The summed E-state index contributed by atoms with van der Waals surface area (Å²) in [6.45, 7) is 5.56. The number of amides is 1. The number of carbonyl (C=O) groups is 1. The third kappa shape index (κ3) is 3.30. The van der Waals surface area contributed by atoms with E-state index in [2.05, 4.69) is 41.2 Å². The first-order valence-corrected chi connectivity index (χ1v) is 8.54. The molecule has 3 aliphatic rings. The van der Waals surface area contributed by atoms with Crippen molar-refractivity contribution in [1.82, 2.24) is 20.0 Å². The van der Waals surface area contributed by atoms with Crippen molar-refractivity contribution in [2.75, 3.05) is 60.5 Å². The zero-order chi connectivity index (χ0) is 15.7. The van der Waals surface area contributed by atoms with Crippen molar-refractivity contribution < 1.29 is 9.53 Å². The molecule has 1 N–H and O–H groups in total. The van der Waals surface area contributed by atoms with Gasteiger partial charge in [-0.3, -0.25) is 9.69 Å². The Hall–Kier alpha value is -0.690. The van der Waals surface area contributed by atoms with Crippen LogP contribution >= 0.6 is 0 Å². The molecule has 0 unspecified atom stereocenters. The average molecular weight is 310 g/mol. The van der Waals surface area contributed by atoms with Gasteiger partial charge < -0.3 is 19.9 Å². The van der Waals surface area contributed by atoms with Gasteiger partial charge in [-0.1, -0.05) is 0 Å². The highest BCUT2D eigenvalue weighted by Gasteiger charge is 2.55. The van der Waals surface area contributed by atoms with Crippen LogP contribution in [-0.4, -0.2) is 99.3 Å². The Labute approximate surface area is 133 Å². The summed E-state index contributed by atoms with van der Waals surface area (Å²) in [7, 11) is 6.30. The standard InChI is InChI=1S/C16H30N4O2/c1-18(2)15-14(12-5-10-22-16(12)15)17-13(21)11-20-7-4-6-19(3)8-9-20/h12,14-16H,4-11H2,1-3H3,(H,17,21)/t12-,14+,15-,16-/m1/s1. The summed E-state index contributed by atoms with van der Waals surface area (Å²) < 4.78 is 5.81. The van der Waals surface area contributed by atoms with Crippen LogP contribution in [0, 0.1) is 5.92 Å². The predicted molar refractivity (Wildman–Crippen MR) is 85.8 cm³/mol. The van der Waals surface area contributed by atoms with E-state index in [9.17, 15) is 4.79 Å². The fourth-order valence-corrected chi connectivity index (χ4v) is 4.18. The van der Waals surface area contributed by atoms with Crippen LogP contribution in [0.4, 0.5) is 0 Å². The Bertz CT molecular complexity index is 404. The van der Waals surface area contributed by atoms with Crippen molar-refractivity contribution in [1.29, 1.82) is 0 Å². The minimum absolute atomic E-state index is 0.173. The van der Waals surface area contributed by atoms with Gasteiger partial charge in [-0.05, 0) is 47.1 Å². The fraction of sp³-hybridized carbons (Fsp3) is 0.938. The molecule has 0 aromatic heterocycles. The molecule has 0 spiro atoms. The van der Waals surface area contributed by atoms with E-state index >= 15 is 0 Å². The Balaban J connectivity index is 1.50. The summed E-state index contributed by atoms with van der Waals surface area (Å²) in [5, 5.41) is 3.28. The average Bonchev–Trinajstić information content (AvgIpc) is 2.74. The van der Waals surface area contributed by atoms with Gasteiger partial charge in [0.2, 0.25) is 5.91 Å². The first kappa shape index (κ1) is 16.2. The summed E-state index contributed by atoms with van der Waals surface area (Å²) in [6.07, 6.45) is 2.53. The predicted octanol–water partition coefficient (Wildman–Crippen LogP) is -0.542. The molecule has 22 heavy (non-hydrogen) atoms. The normalized spacial score (nSPS) is 36.7. The molecule has 2 heterocycles. The fourth-order valence-electron chi connectivity index (χ4n) is 4.18. The third-order valence-corrected chi connectivity index (χ3v) is 5.45. The van der Waals surface area contributed by atoms with Crippen LogP contribution in [-0.2, 0) is 9.53 Å². The zero-order valence-electron chi connectivity index (χ0n) is 14.1. The molecular formula is C16H30N4O2. The SMILES string of the molecule is CN1CCCN(CC(=O)N[C@H]2[C@H]3CCO[C@H]3[C@@H]2N(C)C)CC1. The van der Waals surface area contributed by atoms with Crippen molar-refractivity contribution in [2.24, 2.45) is 5.92 Å². The van der Waals surface area contributed by atoms with Crippen LogP contribution in [0.1, 0.15) is 12.8 Å². The third-order valence-electron chi connectivity index (χ3n) is 5.45. The molecule has 2 saturated heterocycles. The van der Waals surface area contributed by atoms with E-state index < -0.39 is 0 Å². The van der Waals surface area contributed by atoms with Crippen molar-refractivity contribution in [3.8, 4) is 0 Å². The van der Waals surface area contributed by atoms with E-state index in [1.165, 1.54) is 0 Å². The Morgan fingerprint density at radius 1 is 1.27 bits per heavy atom. The molecule has 0 radical (unpaired) electrons. The lowest BCUT2D eigenvalue weighted by molar-refractivity contribution is -0.129. The maximum absolute atomic E-state index is 12.4. The summed E-state index contributed by atoms with van der Waals surface area (Å²) in [4.78, 5) is 19.3. The number of ether oxygens (including phenoxy) is 1. The highest BCUT2D eigenvalue weighted by molar-refractivity contribution is 5.78. The molecule has 0 aromatic carbocycles. The number of rotatable bonds is 4. The molecule has 0 aromatic rings. The number of nitrogens with one attached hydrogen (secondary N) is 1. The lowest BCUT2D eigenvalue weighted by Crippen LogP contribution is -2.70. The van der Waals surface area contributed by atoms with Crippen LogP contribution in [0.5, 0.6) is 0 Å². The Morgan fingerprint density at radius 3 is 2.86 bits per heavy atom. The van der Waals surface area contributed by atoms with Gasteiger partial charge in [0, 0.05) is 25.6 Å². The van der Waals surface area contributed by atoms with Crippen molar-refractivity contribution >= 4 is 5.91 Å². The van der Waals surface area contributed by atoms with Gasteiger partial charge in [-0.25, -0.2) is 0 Å². The van der Waals surface area contributed by atoms with Gasteiger partial charge in [0.15, 0.2) is 0 Å². The summed E-state index contributed by atoms with van der Waals surface area (Å²) in [6, 6.07) is 0.580. The largest absolute Gasteiger partial charge is 0.376 e. The van der Waals surface area contributed by atoms with Gasteiger partial charge in [0.25, 0.3) is 0 Å². The van der Waals surface area contributed by atoms with Crippen LogP contribution in [0.3, 0.4) is 0 Å². The Kier molecular flexibility index (Phi) is 5.02. The van der Waals surface area contributed by atoms with Gasteiger partial charge in [0.1, 0.15) is 0 Å². The highest BCUT2D eigenvalue weighted by Crippen LogP contribution is 2.41. The van der Waals surface area contributed by atoms with E-state index in [-0.39, 0.29) is 11.9 Å². The first-order valence-electron chi connectivity index (χ1n) is 8.54. The quantitative estimate of drug-likeness (QED) is 0.756. The van der Waals surface area contributed by atoms with E-state index in [0.717, 1.165) is 45.6 Å². The van der Waals surface area contributed by atoms with Crippen LogP contribution in [0.2, 0.25) is 0 Å². The molecule has 2 aliphatic heterocycles. The number of carbonyl (C=O) groups excluding carboxylic acids is 1. The zero-order valence-corrected chi connectivity index (χ0v) is 14.1. The number of nitrogens with zero attached hydrogens (tertiary/aromatic N) is 3. The second-order valence-electron chi connectivity index (χ2n) is 7.27. The lowest BCUT2D eigenvalue weighted by atomic mass is 9.71. The maximum Gasteiger partial charge on any atom is 0.234 e. The molecule has 3 rings (SSSR count). The molecule has 1 aliphatic carbocycles. The van der Waals surface area contributed by atoms with E-state index in [0.29, 0.717) is 24.6 Å². The maximum atomic E-state index is 12.4. The summed E-state index contributed by atoms with van der Waals surface area (Å²) >= 11 is 0. The monoisotopic (exact) mass is 310 g/mol. The molecule has 0 bridgehead atoms. The molecule has 6 heteroatoms. The van der Waals surface area contributed by atoms with E-state index in [1.54, 1.807) is 0 Å². The topological polar surface area (TPSA) is 48.1 Å². The van der Waals surface area contributed by atoms with Gasteiger partial charge in [0.05, 0.1) is 24.7 Å². The molecule has 4 atom stereocenters. The molecule has 1 saturated carbocycles. The molecule has 126 valence electrons. The lowest BCUT2D eigenvalue weighted by Gasteiger charge is -2.50. The molecule has 1 amide bonds. The Morgan fingerprint density at radius 2 is 2.09 bits per heavy atom. The molecular weight excluding hydrogens is 280 g/mol. The van der Waals surface area contributed by atoms with E-state index in [1.807, 2.05) is 0 Å². The number of hydrogen-bond acceptors (Lipinski definition) is 5. The van der Waals surface area contributed by atoms with Gasteiger partial charge in [-0.2, -0.15) is 0 Å². The molecule has 6 nitrogen and oxygen atoms in total. The second-order valence-corrected chi connectivity index (χ2v) is 7.27. The second kappa shape index (κ2) is 6.83. The van der Waals surface area contributed by atoms with Gasteiger partial charge >= 0.3 is 0 Å². The minimum atomic E-state index is 0.173. The highest BCUT2D eigenvalue weighted by atomic mass is 16.5. The first-order chi connectivity index (χ1) is 10.6. The molecule has 3 fully saturated rings. The van der Waals surface area contributed by atoms with Gasteiger partial charge in [-0.15, -0.1) is 0 Å². The van der Waals surface area contributed by atoms with Crippen molar-refractivity contribution in [3.63, 3.8) is 0 Å². The summed E-state index contributed by atoms with van der Waals surface area (Å²) in [5.74, 6) is 0.679. The van der Waals surface area contributed by atoms with Crippen LogP contribution < -0.4 is 5.32 Å². The van der Waals surface area contributed by atoms with Crippen molar-refractivity contribution in [2.45, 2.75) is 31.0 Å². The van der Waals surface area contributed by atoms with Crippen LogP contribution in [0.15, 0.2) is 0 Å².